The number of methoxy groups -OCH3 is 1. The second kappa shape index (κ2) is 11.5. The van der Waals surface area contributed by atoms with Crippen LogP contribution in [0.15, 0.2) is 94.2 Å². The second-order valence-corrected chi connectivity index (χ2v) is 9.69. The number of nitrogens with zero attached hydrogens (tertiary/aromatic N) is 2. The minimum absolute atomic E-state index is 0.204. The van der Waals surface area contributed by atoms with E-state index in [1.54, 1.807) is 18.6 Å². The molecule has 1 aromatic heterocycles. The molecule has 1 aliphatic heterocycles. The van der Waals surface area contributed by atoms with Gasteiger partial charge in [-0.1, -0.05) is 78.1 Å². The predicted molar refractivity (Wildman–Crippen MR) is 152 cm³/mol. The van der Waals surface area contributed by atoms with Gasteiger partial charge >= 0.3 is 5.97 Å². The molecule has 0 saturated carbocycles. The Kier molecular flexibility index (Phi) is 7.74. The summed E-state index contributed by atoms with van der Waals surface area (Å²) < 4.78 is 18.7. The number of hydrogen-bond donors (Lipinski definition) is 0. The Balaban J connectivity index is 1.77. The maximum Gasteiger partial charge on any atom is 0.338 e. The van der Waals surface area contributed by atoms with Gasteiger partial charge in [0.1, 0.15) is 0 Å². The molecule has 4 aromatic rings. The fourth-order valence-corrected chi connectivity index (χ4v) is 5.59. The van der Waals surface area contributed by atoms with Gasteiger partial charge in [0, 0.05) is 5.56 Å². The zero-order valence-electron chi connectivity index (χ0n) is 21.9. The van der Waals surface area contributed by atoms with Crippen LogP contribution in [0.3, 0.4) is 0 Å². The van der Waals surface area contributed by atoms with Crippen molar-refractivity contribution in [1.29, 1.82) is 0 Å². The van der Waals surface area contributed by atoms with Gasteiger partial charge in [-0.25, -0.2) is 9.79 Å². The van der Waals surface area contributed by atoms with E-state index in [9.17, 15) is 9.59 Å². The van der Waals surface area contributed by atoms with Gasteiger partial charge in [-0.2, -0.15) is 0 Å². The third-order valence-electron chi connectivity index (χ3n) is 6.27. The number of aromatic nitrogens is 1. The number of carbonyl (C=O) groups is 1. The predicted octanol–water partition coefficient (Wildman–Crippen LogP) is 4.34. The molecule has 0 amide bonds. The van der Waals surface area contributed by atoms with E-state index in [1.165, 1.54) is 11.3 Å². The molecule has 5 rings (SSSR count). The van der Waals surface area contributed by atoms with Gasteiger partial charge in [0.15, 0.2) is 16.3 Å². The van der Waals surface area contributed by atoms with Crippen molar-refractivity contribution in [2.75, 3.05) is 20.3 Å². The zero-order chi connectivity index (χ0) is 27.4. The highest BCUT2D eigenvalue weighted by Gasteiger charge is 2.35. The maximum absolute atomic E-state index is 14.0. The highest BCUT2D eigenvalue weighted by molar-refractivity contribution is 7.07. The van der Waals surface area contributed by atoms with Crippen molar-refractivity contribution in [2.45, 2.75) is 19.9 Å². The Labute approximate surface area is 229 Å². The van der Waals surface area contributed by atoms with Crippen LogP contribution in [0.5, 0.6) is 11.5 Å². The SMILES string of the molecule is CCOC(=O)C1=C(c2ccccc2)N=c2s/c(=C\c3ccc(OC)c(OCC)c3)c(=O)n2[C@@H]1c1ccccc1. The molecule has 1 atom stereocenters. The lowest BCUT2D eigenvalue weighted by Gasteiger charge is -2.25. The number of thiazole rings is 1. The fourth-order valence-electron chi connectivity index (χ4n) is 4.59. The van der Waals surface area contributed by atoms with E-state index in [4.69, 9.17) is 19.2 Å². The van der Waals surface area contributed by atoms with Crippen molar-refractivity contribution < 1.29 is 19.0 Å². The Hall–Kier alpha value is -4.43. The minimum atomic E-state index is -0.700. The number of esters is 1. The average Bonchev–Trinajstić information content (AvgIpc) is 3.27. The van der Waals surface area contributed by atoms with Crippen molar-refractivity contribution in [1.82, 2.24) is 4.57 Å². The summed E-state index contributed by atoms with van der Waals surface area (Å²) >= 11 is 1.28. The summed E-state index contributed by atoms with van der Waals surface area (Å²) in [5, 5.41) is 0. The first kappa shape index (κ1) is 26.2. The normalized spacial score (nSPS) is 14.9. The van der Waals surface area contributed by atoms with E-state index in [2.05, 4.69) is 0 Å². The molecule has 2 heterocycles. The number of benzene rings is 3. The standard InChI is InChI=1S/C31H28N2O5S/c1-4-37-24-18-20(16-17-23(24)36-3)19-25-29(34)33-28(22-14-10-7-11-15-22)26(30(35)38-5-2)27(32-31(33)39-25)21-12-8-6-9-13-21/h6-19,28H,4-5H2,1-3H3/b25-19-/t28-/m1/s1. The van der Waals surface area contributed by atoms with E-state index in [0.717, 1.165) is 16.7 Å². The number of hydrogen-bond acceptors (Lipinski definition) is 7. The maximum atomic E-state index is 14.0. The highest BCUT2D eigenvalue weighted by atomic mass is 32.1. The van der Waals surface area contributed by atoms with E-state index in [-0.39, 0.29) is 12.2 Å². The van der Waals surface area contributed by atoms with Crippen LogP contribution in [-0.2, 0) is 9.53 Å². The molecule has 0 aliphatic carbocycles. The summed E-state index contributed by atoms with van der Waals surface area (Å²) in [6.07, 6.45) is 1.81. The molecule has 198 valence electrons. The molecule has 0 unspecified atom stereocenters. The molecule has 0 N–H and O–H groups in total. The Morgan fingerprint density at radius 1 is 0.974 bits per heavy atom. The Morgan fingerprint density at radius 2 is 1.69 bits per heavy atom. The van der Waals surface area contributed by atoms with E-state index in [1.807, 2.05) is 91.9 Å². The molecule has 1 aliphatic rings. The molecule has 7 nitrogen and oxygen atoms in total. The first-order chi connectivity index (χ1) is 19.0. The molecular weight excluding hydrogens is 512 g/mol. The molecule has 3 aromatic carbocycles. The van der Waals surface area contributed by atoms with Gasteiger partial charge in [-0.05, 0) is 43.2 Å². The summed E-state index contributed by atoms with van der Waals surface area (Å²) in [7, 11) is 1.59. The lowest BCUT2D eigenvalue weighted by molar-refractivity contribution is -0.138. The van der Waals surface area contributed by atoms with E-state index < -0.39 is 12.0 Å². The van der Waals surface area contributed by atoms with Gasteiger partial charge in [-0.3, -0.25) is 9.36 Å². The second-order valence-electron chi connectivity index (χ2n) is 8.69. The van der Waals surface area contributed by atoms with Gasteiger partial charge in [-0.15, -0.1) is 0 Å². The topological polar surface area (TPSA) is 79.1 Å². The molecule has 0 bridgehead atoms. The van der Waals surface area contributed by atoms with Crippen molar-refractivity contribution in [3.8, 4) is 11.5 Å². The van der Waals surface area contributed by atoms with Gasteiger partial charge < -0.3 is 14.2 Å². The van der Waals surface area contributed by atoms with E-state index in [0.29, 0.717) is 38.7 Å². The fraction of sp³-hybridized carbons (Fsp3) is 0.194. The largest absolute Gasteiger partial charge is 0.493 e. The number of fused-ring (bicyclic) bond motifs is 1. The van der Waals surface area contributed by atoms with Gasteiger partial charge in [0.05, 0.1) is 42.2 Å². The minimum Gasteiger partial charge on any atom is -0.493 e. The van der Waals surface area contributed by atoms with E-state index >= 15 is 0 Å². The van der Waals surface area contributed by atoms with Crippen molar-refractivity contribution in [2.24, 2.45) is 4.99 Å². The number of ether oxygens (including phenoxy) is 3. The van der Waals surface area contributed by atoms with Crippen LogP contribution in [0.2, 0.25) is 0 Å². The van der Waals surface area contributed by atoms with Crippen LogP contribution in [0, 0.1) is 0 Å². The molecular formula is C31H28N2O5S. The molecule has 39 heavy (non-hydrogen) atoms. The summed E-state index contributed by atoms with van der Waals surface area (Å²) in [6, 6.07) is 23.8. The van der Waals surface area contributed by atoms with Gasteiger partial charge in [0.2, 0.25) is 0 Å². The third kappa shape index (κ3) is 5.15. The molecule has 0 radical (unpaired) electrons. The lowest BCUT2D eigenvalue weighted by atomic mass is 9.93. The van der Waals surface area contributed by atoms with Crippen LogP contribution in [0.4, 0.5) is 0 Å². The summed E-state index contributed by atoms with van der Waals surface area (Å²) in [5.41, 5.74) is 2.94. The molecule has 8 heteroatoms. The van der Waals surface area contributed by atoms with Crippen LogP contribution >= 0.6 is 11.3 Å². The lowest BCUT2D eigenvalue weighted by Crippen LogP contribution is -2.39. The molecule has 0 spiro atoms. The van der Waals surface area contributed by atoms with Crippen molar-refractivity contribution >= 4 is 29.1 Å². The highest BCUT2D eigenvalue weighted by Crippen LogP contribution is 2.35. The van der Waals surface area contributed by atoms with Crippen molar-refractivity contribution in [3.05, 3.63) is 121 Å². The van der Waals surface area contributed by atoms with Crippen LogP contribution < -0.4 is 24.4 Å². The van der Waals surface area contributed by atoms with Gasteiger partial charge in [0.25, 0.3) is 5.56 Å². The third-order valence-corrected chi connectivity index (χ3v) is 7.26. The molecule has 0 saturated heterocycles. The summed E-state index contributed by atoms with van der Waals surface area (Å²) in [4.78, 5) is 32.8. The number of rotatable bonds is 8. The number of carbonyl (C=O) groups excluding carboxylic acids is 1. The smallest absolute Gasteiger partial charge is 0.338 e. The zero-order valence-corrected chi connectivity index (χ0v) is 22.7. The van der Waals surface area contributed by atoms with Crippen LogP contribution in [-0.4, -0.2) is 30.9 Å². The van der Waals surface area contributed by atoms with Crippen LogP contribution in [0.25, 0.3) is 11.8 Å². The first-order valence-electron chi connectivity index (χ1n) is 12.7. The summed E-state index contributed by atoms with van der Waals surface area (Å²) in [5.74, 6) is 0.713. The summed E-state index contributed by atoms with van der Waals surface area (Å²) in [6.45, 7) is 4.35. The quantitative estimate of drug-likeness (QED) is 0.311. The Morgan fingerprint density at radius 3 is 2.36 bits per heavy atom. The van der Waals surface area contributed by atoms with Crippen molar-refractivity contribution in [3.63, 3.8) is 0 Å². The van der Waals surface area contributed by atoms with Crippen LogP contribution in [0.1, 0.15) is 36.6 Å². The monoisotopic (exact) mass is 540 g/mol. The first-order valence-corrected chi connectivity index (χ1v) is 13.5. The average molecular weight is 541 g/mol. The molecule has 0 fully saturated rings. The Bertz CT molecular complexity index is 1710.